The zero-order valence-corrected chi connectivity index (χ0v) is 34.1. The van der Waals surface area contributed by atoms with Crippen LogP contribution >= 0.6 is 0 Å². The average Bonchev–Trinajstić information content (AvgIpc) is 3.49. The highest BCUT2D eigenvalue weighted by atomic mass is 16.7. The minimum Gasteiger partial charge on any atom is -0.458 e. The number of nitrogens with zero attached hydrogens (tertiary/aromatic N) is 3. The van der Waals surface area contributed by atoms with Crippen molar-refractivity contribution >= 4 is 29.4 Å². The lowest BCUT2D eigenvalue weighted by Crippen LogP contribution is -2.58. The summed E-state index contributed by atoms with van der Waals surface area (Å²) < 4.78 is 38.6. The minimum absolute atomic E-state index is 0.0655. The molecule has 1 aromatic carbocycles. The van der Waals surface area contributed by atoms with Gasteiger partial charge in [-0.3, -0.25) is 14.4 Å². The molecule has 5 rings (SSSR count). The fraction of sp³-hybridized carbons (Fsp3) is 0.725. The number of rotatable bonds is 8. The Morgan fingerprint density at radius 3 is 2.41 bits per heavy atom. The molecule has 3 saturated heterocycles. The van der Waals surface area contributed by atoms with E-state index >= 15 is 0 Å². The number of aliphatic hydroxyl groups is 1. The summed E-state index contributed by atoms with van der Waals surface area (Å²) in [7, 11) is 3.79. The monoisotopic (exact) mass is 787 g/mol. The van der Waals surface area contributed by atoms with E-state index in [2.05, 4.69) is 10.1 Å². The Morgan fingerprint density at radius 2 is 1.77 bits per heavy atom. The number of likely N-dealkylation sites (N-methyl/N-ethyl adjacent to an activating group) is 1. The van der Waals surface area contributed by atoms with Crippen LogP contribution in [-0.2, 0) is 49.5 Å². The van der Waals surface area contributed by atoms with Gasteiger partial charge in [0.05, 0.1) is 43.0 Å². The van der Waals surface area contributed by atoms with Crippen molar-refractivity contribution < 1.29 is 52.7 Å². The maximum atomic E-state index is 14.4. The van der Waals surface area contributed by atoms with Crippen molar-refractivity contribution in [1.82, 2.24) is 4.90 Å². The third-order valence-electron chi connectivity index (χ3n) is 11.9. The molecule has 16 heteroatoms. The molecule has 2 bridgehead atoms. The third kappa shape index (κ3) is 9.54. The summed E-state index contributed by atoms with van der Waals surface area (Å²) in [5, 5.41) is 15.9. The molecule has 0 aromatic heterocycles. The molecule has 3 unspecified atom stereocenters. The Hall–Kier alpha value is -3.67. The molecule has 0 aliphatic carbocycles. The summed E-state index contributed by atoms with van der Waals surface area (Å²) in [5.74, 6) is -3.29. The minimum atomic E-state index is -1.22. The van der Waals surface area contributed by atoms with E-state index in [1.165, 1.54) is 0 Å². The van der Waals surface area contributed by atoms with E-state index in [0.717, 1.165) is 5.56 Å². The first kappa shape index (κ1) is 43.5. The van der Waals surface area contributed by atoms with Gasteiger partial charge in [0.15, 0.2) is 11.9 Å². The maximum Gasteiger partial charge on any atom is 0.311 e. The number of nitrogens with two attached hydrogens (primary N) is 2. The highest BCUT2D eigenvalue weighted by Gasteiger charge is 2.55. The number of amidine groups is 1. The van der Waals surface area contributed by atoms with Crippen molar-refractivity contribution in [2.24, 2.45) is 39.4 Å². The third-order valence-corrected chi connectivity index (χ3v) is 11.9. The lowest BCUT2D eigenvalue weighted by molar-refractivity contribution is -0.294. The first-order valence-corrected chi connectivity index (χ1v) is 19.6. The quantitative estimate of drug-likeness (QED) is 0.256. The van der Waals surface area contributed by atoms with Gasteiger partial charge in [-0.05, 0) is 78.7 Å². The summed E-state index contributed by atoms with van der Waals surface area (Å²) in [6.07, 6.45) is -3.51. The van der Waals surface area contributed by atoms with E-state index in [0.29, 0.717) is 24.1 Å². The molecule has 56 heavy (non-hydrogen) atoms. The Labute approximate surface area is 329 Å². The van der Waals surface area contributed by atoms with Gasteiger partial charge in [0.1, 0.15) is 36.4 Å². The van der Waals surface area contributed by atoms with E-state index < -0.39 is 77.6 Å². The number of amides is 1. The molecule has 4 aliphatic heterocycles. The number of hydrogen-bond acceptors (Lipinski definition) is 15. The van der Waals surface area contributed by atoms with Gasteiger partial charge in [-0.1, -0.05) is 38.1 Å². The summed E-state index contributed by atoms with van der Waals surface area (Å²) >= 11 is 0. The SMILES string of the molecule is CC[C@H]1OC(=O)[C@H](C)[C@H]2C[C@@H](OC3O[C@H](C)C[C@H](N(C)C)[C@H]3O)[C@](C)(C[C@@H](C)C(=O)[C@H](C)C3N=C(N)OC31C)OC/C(=N/OCc1ccc(C(N)=O)cc1)CO2. The second-order valence-electron chi connectivity index (χ2n) is 16.5. The first-order valence-electron chi connectivity index (χ1n) is 19.6. The van der Waals surface area contributed by atoms with Gasteiger partial charge in [-0.15, -0.1) is 0 Å². The zero-order chi connectivity index (χ0) is 41.1. The summed E-state index contributed by atoms with van der Waals surface area (Å²) in [6, 6.07) is 5.60. The number of esters is 1. The van der Waals surface area contributed by atoms with Crippen LogP contribution in [0.4, 0.5) is 0 Å². The molecular formula is C40H61N5O11. The number of ketones is 1. The predicted octanol–water partition coefficient (Wildman–Crippen LogP) is 2.71. The predicted molar refractivity (Wildman–Crippen MR) is 205 cm³/mol. The van der Waals surface area contributed by atoms with Gasteiger partial charge < -0.3 is 54.7 Å². The number of benzene rings is 1. The van der Waals surface area contributed by atoms with Crippen LogP contribution in [0.25, 0.3) is 0 Å². The summed E-state index contributed by atoms with van der Waals surface area (Å²) in [4.78, 5) is 52.4. The standard InChI is InChI=1S/C40H61N5O11/c1-10-30-40(7)34(43-38(42)56-40)24(5)32(46)21(2)17-39(6)31(55-37-33(47)28(45(8)9)15-22(3)53-37)16-29(23(4)36(49)54-30)50-19-27(20-51-39)44-52-18-25-11-13-26(14-12-25)35(41)48/h11-14,21-24,28-31,33-34,37,47H,10,15-20H2,1-9H3,(H2,41,48)(H2,42,43)/b44-27+/t21-,22-,23-,24+,28+,29-,30-,31-,33-,34?,37?,39+,40?/m1/s1. The summed E-state index contributed by atoms with van der Waals surface area (Å²) in [6.45, 7) is 12.7. The number of hydrogen-bond donors (Lipinski definition) is 3. The second kappa shape index (κ2) is 17.9. The Balaban J connectivity index is 1.54. The number of oxime groups is 1. The van der Waals surface area contributed by atoms with E-state index in [4.69, 9.17) is 44.7 Å². The van der Waals surface area contributed by atoms with Crippen molar-refractivity contribution in [3.8, 4) is 0 Å². The number of carbonyl (C=O) groups excluding carboxylic acids is 3. The largest absolute Gasteiger partial charge is 0.458 e. The van der Waals surface area contributed by atoms with Crippen LogP contribution in [0, 0.1) is 17.8 Å². The zero-order valence-electron chi connectivity index (χ0n) is 34.1. The van der Waals surface area contributed by atoms with Crippen LogP contribution < -0.4 is 11.5 Å². The van der Waals surface area contributed by atoms with Crippen LogP contribution in [0.1, 0.15) is 90.1 Å². The molecular weight excluding hydrogens is 726 g/mol. The molecule has 3 fully saturated rings. The molecule has 4 heterocycles. The molecule has 5 N–H and O–H groups in total. The van der Waals surface area contributed by atoms with Gasteiger partial charge in [-0.2, -0.15) is 0 Å². The highest BCUT2D eigenvalue weighted by molar-refractivity contribution is 5.92. The van der Waals surface area contributed by atoms with Gasteiger partial charge >= 0.3 is 5.97 Å². The van der Waals surface area contributed by atoms with Crippen molar-refractivity contribution in [1.29, 1.82) is 0 Å². The molecule has 4 aliphatic rings. The Morgan fingerprint density at radius 1 is 1.07 bits per heavy atom. The number of aliphatic imine (C=N–C) groups is 1. The number of ether oxygens (including phenoxy) is 6. The number of cyclic esters (lactones) is 1. The number of fused-ring (bicyclic) bond motifs is 4. The van der Waals surface area contributed by atoms with Crippen molar-refractivity contribution in [3.05, 3.63) is 35.4 Å². The Bertz CT molecular complexity index is 1620. The molecule has 1 amide bonds. The normalized spacial score (nSPS) is 39.4. The lowest BCUT2D eigenvalue weighted by atomic mass is 9.75. The van der Waals surface area contributed by atoms with E-state index in [-0.39, 0.29) is 56.6 Å². The van der Waals surface area contributed by atoms with Gasteiger partial charge in [0, 0.05) is 29.9 Å². The highest BCUT2D eigenvalue weighted by Crippen LogP contribution is 2.41. The van der Waals surface area contributed by atoms with Crippen LogP contribution in [0.15, 0.2) is 34.4 Å². The fourth-order valence-corrected chi connectivity index (χ4v) is 8.44. The van der Waals surface area contributed by atoms with E-state index in [1.54, 1.807) is 45.0 Å². The molecule has 13 atom stereocenters. The number of Topliss-reactive ketones (excluding diaryl/α,β-unsaturated/α-hetero) is 1. The molecule has 16 nitrogen and oxygen atoms in total. The van der Waals surface area contributed by atoms with Crippen molar-refractivity contribution in [2.75, 3.05) is 27.3 Å². The van der Waals surface area contributed by atoms with E-state index in [1.807, 2.05) is 46.7 Å². The van der Waals surface area contributed by atoms with E-state index in [9.17, 15) is 19.5 Å². The van der Waals surface area contributed by atoms with Crippen LogP contribution in [0.3, 0.4) is 0 Å². The molecule has 0 saturated carbocycles. The van der Waals surface area contributed by atoms with Gasteiger partial charge in [-0.25, -0.2) is 4.99 Å². The van der Waals surface area contributed by atoms with Crippen LogP contribution in [-0.4, -0.2) is 127 Å². The maximum absolute atomic E-state index is 14.4. The van der Waals surface area contributed by atoms with Crippen molar-refractivity contribution in [3.63, 3.8) is 0 Å². The summed E-state index contributed by atoms with van der Waals surface area (Å²) in [5.41, 5.74) is 10.6. The molecule has 0 spiro atoms. The first-order chi connectivity index (χ1) is 26.4. The van der Waals surface area contributed by atoms with Gasteiger partial charge in [0.25, 0.3) is 6.02 Å². The molecule has 1 aromatic rings. The number of primary amides is 1. The lowest BCUT2D eigenvalue weighted by Gasteiger charge is -2.46. The van der Waals surface area contributed by atoms with Crippen LogP contribution in [0.5, 0.6) is 0 Å². The number of carbonyl (C=O) groups is 3. The average molecular weight is 788 g/mol. The molecule has 312 valence electrons. The second-order valence-corrected chi connectivity index (χ2v) is 16.5. The fourth-order valence-electron chi connectivity index (χ4n) is 8.44. The molecule has 0 radical (unpaired) electrons. The topological polar surface area (TPSA) is 216 Å². The Kier molecular flexibility index (Phi) is 13.9. The van der Waals surface area contributed by atoms with Gasteiger partial charge in [0.2, 0.25) is 5.91 Å². The number of aliphatic hydroxyl groups excluding tert-OH is 1. The smallest absolute Gasteiger partial charge is 0.311 e. The van der Waals surface area contributed by atoms with Crippen molar-refractivity contribution in [2.45, 2.75) is 141 Å². The van der Waals surface area contributed by atoms with Crippen LogP contribution in [0.2, 0.25) is 0 Å².